The number of halogens is 1. The monoisotopic (exact) mass is 340 g/mol. The van der Waals surface area contributed by atoms with E-state index in [1.54, 1.807) is 36.5 Å². The zero-order valence-corrected chi connectivity index (χ0v) is 13.6. The van der Waals surface area contributed by atoms with Crippen LogP contribution >= 0.6 is 0 Å². The number of H-pyrrole nitrogens is 1. The van der Waals surface area contributed by atoms with Crippen LogP contribution in [0.25, 0.3) is 0 Å². The number of rotatable bonds is 6. The zero-order chi connectivity index (χ0) is 17.6. The van der Waals surface area contributed by atoms with E-state index in [9.17, 15) is 9.18 Å². The van der Waals surface area contributed by atoms with Crippen LogP contribution in [0.1, 0.15) is 28.7 Å². The third-order valence-corrected chi connectivity index (χ3v) is 3.54. The van der Waals surface area contributed by atoms with E-state index in [0.717, 1.165) is 12.1 Å². The van der Waals surface area contributed by atoms with E-state index in [0.29, 0.717) is 22.9 Å². The van der Waals surface area contributed by atoms with Crippen molar-refractivity contribution in [3.05, 3.63) is 71.4 Å². The van der Waals surface area contributed by atoms with E-state index in [4.69, 9.17) is 4.74 Å². The predicted octanol–water partition coefficient (Wildman–Crippen LogP) is 3.23. The highest BCUT2D eigenvalue weighted by molar-refractivity contribution is 5.92. The fourth-order valence-corrected chi connectivity index (χ4v) is 2.22. The fraction of sp³-hybridized carbons (Fsp3) is 0.167. The number of pyridine rings is 1. The third-order valence-electron chi connectivity index (χ3n) is 3.54. The largest absolute Gasteiger partial charge is 0.439 e. The molecule has 2 heterocycles. The van der Waals surface area contributed by atoms with E-state index in [2.05, 4.69) is 20.5 Å². The van der Waals surface area contributed by atoms with Crippen LogP contribution in [0.3, 0.4) is 0 Å². The van der Waals surface area contributed by atoms with Gasteiger partial charge in [0, 0.05) is 30.1 Å². The summed E-state index contributed by atoms with van der Waals surface area (Å²) in [5.41, 5.74) is 1.89. The standard InChI is InChI=1S/C18H17FN4O2/c1-2-14-10-16(23-22-14)17(24)21-11-12-5-4-8-20-18(12)25-15-7-3-6-13(19)9-15/h3-10H,2,11H2,1H3,(H,21,24)(H,22,23). The van der Waals surface area contributed by atoms with Crippen LogP contribution in [0.5, 0.6) is 11.6 Å². The van der Waals surface area contributed by atoms with Crippen LogP contribution < -0.4 is 10.1 Å². The number of nitrogens with one attached hydrogen (secondary N) is 2. The van der Waals surface area contributed by atoms with Crippen LogP contribution in [0.4, 0.5) is 4.39 Å². The van der Waals surface area contributed by atoms with Crippen molar-refractivity contribution in [3.8, 4) is 11.6 Å². The summed E-state index contributed by atoms with van der Waals surface area (Å²) in [5.74, 6) is -0.0408. The molecule has 0 spiro atoms. The molecular weight excluding hydrogens is 323 g/mol. The number of benzene rings is 1. The van der Waals surface area contributed by atoms with E-state index >= 15 is 0 Å². The Morgan fingerprint density at radius 3 is 2.92 bits per heavy atom. The van der Waals surface area contributed by atoms with Crippen molar-refractivity contribution in [2.24, 2.45) is 0 Å². The summed E-state index contributed by atoms with van der Waals surface area (Å²) in [6.07, 6.45) is 2.34. The Morgan fingerprint density at radius 2 is 2.16 bits per heavy atom. The van der Waals surface area contributed by atoms with Gasteiger partial charge < -0.3 is 10.1 Å². The van der Waals surface area contributed by atoms with E-state index < -0.39 is 5.82 Å². The molecule has 0 unspecified atom stereocenters. The topological polar surface area (TPSA) is 79.9 Å². The highest BCUT2D eigenvalue weighted by atomic mass is 19.1. The first-order chi connectivity index (χ1) is 12.2. The summed E-state index contributed by atoms with van der Waals surface area (Å²) < 4.78 is 18.9. The first-order valence-electron chi connectivity index (χ1n) is 7.85. The molecule has 1 aromatic carbocycles. The summed E-state index contributed by atoms with van der Waals surface area (Å²) in [4.78, 5) is 16.3. The second-order valence-corrected chi connectivity index (χ2v) is 5.34. The Kier molecular flexibility index (Phi) is 5.03. The minimum absolute atomic E-state index is 0.214. The number of hydrogen-bond acceptors (Lipinski definition) is 4. The van der Waals surface area contributed by atoms with Gasteiger partial charge in [-0.3, -0.25) is 9.89 Å². The van der Waals surface area contributed by atoms with Crippen molar-refractivity contribution >= 4 is 5.91 Å². The lowest BCUT2D eigenvalue weighted by atomic mass is 10.2. The number of nitrogens with zero attached hydrogens (tertiary/aromatic N) is 2. The number of aryl methyl sites for hydroxylation is 1. The van der Waals surface area contributed by atoms with Crippen molar-refractivity contribution in [2.45, 2.75) is 19.9 Å². The normalized spacial score (nSPS) is 10.5. The fourth-order valence-electron chi connectivity index (χ4n) is 2.22. The SMILES string of the molecule is CCc1cc(C(=O)NCc2cccnc2Oc2cccc(F)c2)n[nH]1. The molecule has 0 bridgehead atoms. The number of aromatic nitrogens is 3. The van der Waals surface area contributed by atoms with Crippen molar-refractivity contribution in [1.29, 1.82) is 0 Å². The van der Waals surface area contributed by atoms with Gasteiger partial charge in [0.15, 0.2) is 0 Å². The van der Waals surface area contributed by atoms with Crippen molar-refractivity contribution in [3.63, 3.8) is 0 Å². The van der Waals surface area contributed by atoms with Crippen LogP contribution in [0.15, 0.2) is 48.7 Å². The van der Waals surface area contributed by atoms with Gasteiger partial charge in [-0.2, -0.15) is 5.10 Å². The van der Waals surface area contributed by atoms with Gasteiger partial charge in [0.1, 0.15) is 17.3 Å². The van der Waals surface area contributed by atoms with Gasteiger partial charge >= 0.3 is 0 Å². The van der Waals surface area contributed by atoms with E-state index in [-0.39, 0.29) is 12.5 Å². The van der Waals surface area contributed by atoms with Gasteiger partial charge in [0.2, 0.25) is 5.88 Å². The van der Waals surface area contributed by atoms with Crippen LogP contribution in [0, 0.1) is 5.82 Å². The quantitative estimate of drug-likeness (QED) is 0.722. The summed E-state index contributed by atoms with van der Waals surface area (Å²) in [5, 5.41) is 9.55. The number of amides is 1. The van der Waals surface area contributed by atoms with Gasteiger partial charge in [-0.25, -0.2) is 9.37 Å². The van der Waals surface area contributed by atoms with Crippen molar-refractivity contribution in [2.75, 3.05) is 0 Å². The maximum atomic E-state index is 13.3. The van der Waals surface area contributed by atoms with Gasteiger partial charge in [0.25, 0.3) is 5.91 Å². The number of carbonyl (C=O) groups excluding carboxylic acids is 1. The molecule has 0 aliphatic rings. The lowest BCUT2D eigenvalue weighted by molar-refractivity contribution is 0.0945. The van der Waals surface area contributed by atoms with Gasteiger partial charge in [-0.05, 0) is 30.7 Å². The van der Waals surface area contributed by atoms with E-state index in [1.165, 1.54) is 12.1 Å². The highest BCUT2D eigenvalue weighted by Gasteiger charge is 2.12. The first kappa shape index (κ1) is 16.6. The molecule has 7 heteroatoms. The Labute approximate surface area is 144 Å². The minimum Gasteiger partial charge on any atom is -0.439 e. The summed E-state index contributed by atoms with van der Waals surface area (Å²) in [7, 11) is 0. The van der Waals surface area contributed by atoms with E-state index in [1.807, 2.05) is 6.92 Å². The average molecular weight is 340 g/mol. The number of hydrogen-bond donors (Lipinski definition) is 2. The third kappa shape index (κ3) is 4.20. The Hall–Kier alpha value is -3.22. The second-order valence-electron chi connectivity index (χ2n) is 5.34. The maximum absolute atomic E-state index is 13.3. The Bertz CT molecular complexity index is 879. The van der Waals surface area contributed by atoms with Crippen molar-refractivity contribution < 1.29 is 13.9 Å². The molecule has 0 aliphatic heterocycles. The van der Waals surface area contributed by atoms with Gasteiger partial charge in [-0.15, -0.1) is 0 Å². The predicted molar refractivity (Wildman–Crippen MR) is 89.8 cm³/mol. The van der Waals surface area contributed by atoms with Crippen LogP contribution in [0.2, 0.25) is 0 Å². The Balaban J connectivity index is 1.69. The van der Waals surface area contributed by atoms with Crippen molar-refractivity contribution in [1.82, 2.24) is 20.5 Å². The molecule has 2 N–H and O–H groups in total. The first-order valence-corrected chi connectivity index (χ1v) is 7.85. The minimum atomic E-state index is -0.395. The van der Waals surface area contributed by atoms with Gasteiger partial charge in [0.05, 0.1) is 0 Å². The molecule has 3 aromatic rings. The molecule has 2 aromatic heterocycles. The molecule has 1 amide bonds. The maximum Gasteiger partial charge on any atom is 0.272 e. The smallest absolute Gasteiger partial charge is 0.272 e. The molecule has 0 saturated carbocycles. The number of aromatic amines is 1. The molecule has 6 nitrogen and oxygen atoms in total. The molecule has 128 valence electrons. The molecule has 0 saturated heterocycles. The molecule has 0 atom stereocenters. The Morgan fingerprint density at radius 1 is 1.28 bits per heavy atom. The summed E-state index contributed by atoms with van der Waals surface area (Å²) in [6.45, 7) is 2.19. The van der Waals surface area contributed by atoms with Gasteiger partial charge in [-0.1, -0.05) is 19.1 Å². The number of ether oxygens (including phenoxy) is 1. The number of carbonyl (C=O) groups is 1. The highest BCUT2D eigenvalue weighted by Crippen LogP contribution is 2.23. The molecule has 0 radical (unpaired) electrons. The summed E-state index contributed by atoms with van der Waals surface area (Å²) >= 11 is 0. The molecule has 3 rings (SSSR count). The zero-order valence-electron chi connectivity index (χ0n) is 13.6. The molecule has 25 heavy (non-hydrogen) atoms. The average Bonchev–Trinajstić information content (AvgIpc) is 3.10. The van der Waals surface area contributed by atoms with Crippen LogP contribution in [-0.4, -0.2) is 21.1 Å². The molecular formula is C18H17FN4O2. The van der Waals surface area contributed by atoms with Crippen LogP contribution in [-0.2, 0) is 13.0 Å². The second kappa shape index (κ2) is 7.57. The lowest BCUT2D eigenvalue weighted by Gasteiger charge is -2.10. The lowest BCUT2D eigenvalue weighted by Crippen LogP contribution is -2.23. The summed E-state index contributed by atoms with van der Waals surface area (Å²) in [6, 6.07) is 11.0. The molecule has 0 aliphatic carbocycles. The molecule has 0 fully saturated rings.